The molecule has 8 heteroatoms. The molecular weight excluding hydrogens is 294 g/mol. The summed E-state index contributed by atoms with van der Waals surface area (Å²) in [6.07, 6.45) is 1.69. The van der Waals surface area contributed by atoms with E-state index in [1.54, 1.807) is 12.3 Å². The predicted molar refractivity (Wildman–Crippen MR) is 80.2 cm³/mol. The molecule has 3 heterocycles. The third-order valence-corrected chi connectivity index (χ3v) is 4.44. The van der Waals surface area contributed by atoms with Gasteiger partial charge < -0.3 is 10.6 Å². The van der Waals surface area contributed by atoms with Crippen molar-refractivity contribution in [3.8, 4) is 0 Å². The van der Waals surface area contributed by atoms with Crippen LogP contribution in [0.2, 0.25) is 0 Å². The van der Waals surface area contributed by atoms with E-state index >= 15 is 0 Å². The van der Waals surface area contributed by atoms with Crippen molar-refractivity contribution >= 4 is 44.1 Å². The number of pyridine rings is 1. The second-order valence-corrected chi connectivity index (χ2v) is 5.76. The molecule has 1 amide bonds. The molecule has 0 radical (unpaired) electrons. The van der Waals surface area contributed by atoms with Gasteiger partial charge in [0, 0.05) is 18.6 Å². The van der Waals surface area contributed by atoms with Gasteiger partial charge in [0.05, 0.1) is 12.2 Å². The number of carbonyl (C=O) groups excluding carboxylic acids is 1. The number of carbonyl (C=O) groups is 1. The van der Waals surface area contributed by atoms with E-state index in [2.05, 4.69) is 25.6 Å². The lowest BCUT2D eigenvalue weighted by Gasteiger charge is -1.99. The number of hydrogen-bond donors (Lipinski definition) is 2. The Morgan fingerprint density at radius 2 is 2.30 bits per heavy atom. The van der Waals surface area contributed by atoms with Crippen LogP contribution in [0.25, 0.3) is 10.3 Å². The van der Waals surface area contributed by atoms with Crippen LogP contribution in [0.15, 0.2) is 23.7 Å². The fourth-order valence-electron chi connectivity index (χ4n) is 1.62. The second kappa shape index (κ2) is 5.51. The third kappa shape index (κ3) is 2.61. The number of nitrogens with one attached hydrogen (secondary N) is 2. The summed E-state index contributed by atoms with van der Waals surface area (Å²) in [6, 6.07) is 3.65. The van der Waals surface area contributed by atoms with E-state index in [1.807, 2.05) is 18.5 Å². The van der Waals surface area contributed by atoms with Gasteiger partial charge in [0.15, 0.2) is 10.1 Å². The van der Waals surface area contributed by atoms with E-state index in [0.717, 1.165) is 21.2 Å². The van der Waals surface area contributed by atoms with Crippen LogP contribution in [-0.4, -0.2) is 27.9 Å². The van der Waals surface area contributed by atoms with Gasteiger partial charge in [0.1, 0.15) is 10.3 Å². The molecule has 6 nitrogen and oxygen atoms in total. The number of fused-ring (bicyclic) bond motifs is 1. The molecule has 0 unspecified atom stereocenters. The Morgan fingerprint density at radius 1 is 1.40 bits per heavy atom. The van der Waals surface area contributed by atoms with Gasteiger partial charge in [-0.2, -0.15) is 0 Å². The zero-order chi connectivity index (χ0) is 13.9. The molecule has 2 N–H and O–H groups in total. The quantitative estimate of drug-likeness (QED) is 0.772. The van der Waals surface area contributed by atoms with Crippen molar-refractivity contribution < 1.29 is 4.79 Å². The summed E-state index contributed by atoms with van der Waals surface area (Å²) in [7, 11) is 1.81. The number of amides is 1. The Hall–Kier alpha value is -2.06. The maximum Gasteiger partial charge on any atom is 0.280 e. The minimum atomic E-state index is -0.202. The fourth-order valence-corrected chi connectivity index (χ4v) is 3.11. The first-order chi connectivity index (χ1) is 9.76. The molecule has 0 bridgehead atoms. The number of aromatic nitrogens is 3. The SMILES string of the molecule is CNc1nc(CNC(=O)c2nc3cccnc3s2)cs1. The standard InChI is InChI=1S/C12H11N5OS2/c1-13-12-16-7(6-19-12)5-15-9(18)11-17-8-3-2-4-14-10(8)20-11/h2-4,6H,5H2,1H3,(H,13,16)(H,15,18). The molecule has 0 aliphatic rings. The highest BCUT2D eigenvalue weighted by Crippen LogP contribution is 2.19. The molecule has 0 aromatic carbocycles. The zero-order valence-corrected chi connectivity index (χ0v) is 12.2. The monoisotopic (exact) mass is 305 g/mol. The number of anilines is 1. The van der Waals surface area contributed by atoms with Gasteiger partial charge in [-0.15, -0.1) is 11.3 Å². The van der Waals surface area contributed by atoms with E-state index in [-0.39, 0.29) is 5.91 Å². The van der Waals surface area contributed by atoms with Crippen LogP contribution in [0.4, 0.5) is 5.13 Å². The van der Waals surface area contributed by atoms with Crippen molar-refractivity contribution in [2.24, 2.45) is 0 Å². The molecule has 3 rings (SSSR count). The Labute approximate surface area is 122 Å². The van der Waals surface area contributed by atoms with Gasteiger partial charge in [-0.3, -0.25) is 4.79 Å². The van der Waals surface area contributed by atoms with Crippen molar-refractivity contribution in [1.29, 1.82) is 0 Å². The van der Waals surface area contributed by atoms with E-state index in [1.165, 1.54) is 22.7 Å². The van der Waals surface area contributed by atoms with Crippen LogP contribution in [0.5, 0.6) is 0 Å². The van der Waals surface area contributed by atoms with Gasteiger partial charge in [0.25, 0.3) is 5.91 Å². The summed E-state index contributed by atoms with van der Waals surface area (Å²) in [5, 5.41) is 8.93. The van der Waals surface area contributed by atoms with Gasteiger partial charge in [0.2, 0.25) is 0 Å². The Kier molecular flexibility index (Phi) is 3.57. The largest absolute Gasteiger partial charge is 0.365 e. The first-order valence-electron chi connectivity index (χ1n) is 5.88. The highest BCUT2D eigenvalue weighted by molar-refractivity contribution is 7.19. The summed E-state index contributed by atoms with van der Waals surface area (Å²) in [5.41, 5.74) is 1.57. The van der Waals surface area contributed by atoms with Crippen molar-refractivity contribution in [2.75, 3.05) is 12.4 Å². The average Bonchev–Trinajstić information content (AvgIpc) is 3.10. The number of thiazole rings is 2. The van der Waals surface area contributed by atoms with Crippen molar-refractivity contribution in [2.45, 2.75) is 6.54 Å². The minimum absolute atomic E-state index is 0.202. The van der Waals surface area contributed by atoms with Crippen LogP contribution in [0, 0.1) is 0 Å². The molecular formula is C12H11N5OS2. The minimum Gasteiger partial charge on any atom is -0.365 e. The summed E-state index contributed by atoms with van der Waals surface area (Å²) in [6.45, 7) is 0.389. The molecule has 0 spiro atoms. The van der Waals surface area contributed by atoms with Crippen molar-refractivity contribution in [3.05, 3.63) is 34.4 Å². The van der Waals surface area contributed by atoms with Crippen LogP contribution in [0.1, 0.15) is 15.5 Å². The smallest absolute Gasteiger partial charge is 0.280 e. The summed E-state index contributed by atoms with van der Waals surface area (Å²) < 4.78 is 0. The molecule has 0 fully saturated rings. The normalized spacial score (nSPS) is 10.7. The maximum absolute atomic E-state index is 12.0. The van der Waals surface area contributed by atoms with Gasteiger partial charge in [-0.05, 0) is 12.1 Å². The van der Waals surface area contributed by atoms with Crippen LogP contribution < -0.4 is 10.6 Å². The Bertz CT molecular complexity index is 718. The lowest BCUT2D eigenvalue weighted by atomic mass is 10.4. The molecule has 0 saturated carbocycles. The summed E-state index contributed by atoms with van der Waals surface area (Å²) in [4.78, 5) is 25.5. The van der Waals surface area contributed by atoms with E-state index in [4.69, 9.17) is 0 Å². The van der Waals surface area contributed by atoms with E-state index < -0.39 is 0 Å². The first kappa shape index (κ1) is 12.9. The van der Waals surface area contributed by atoms with Crippen LogP contribution in [0.3, 0.4) is 0 Å². The summed E-state index contributed by atoms with van der Waals surface area (Å²) >= 11 is 2.79. The number of nitrogens with zero attached hydrogens (tertiary/aromatic N) is 3. The van der Waals surface area contributed by atoms with Crippen LogP contribution in [-0.2, 0) is 6.54 Å². The molecule has 20 heavy (non-hydrogen) atoms. The molecule has 102 valence electrons. The van der Waals surface area contributed by atoms with Gasteiger partial charge in [-0.25, -0.2) is 15.0 Å². The van der Waals surface area contributed by atoms with Crippen molar-refractivity contribution in [3.63, 3.8) is 0 Å². The lowest BCUT2D eigenvalue weighted by molar-refractivity contribution is 0.0950. The lowest BCUT2D eigenvalue weighted by Crippen LogP contribution is -2.22. The maximum atomic E-state index is 12.0. The fraction of sp³-hybridized carbons (Fsp3) is 0.167. The molecule has 0 atom stereocenters. The Morgan fingerprint density at radius 3 is 3.05 bits per heavy atom. The van der Waals surface area contributed by atoms with Gasteiger partial charge in [-0.1, -0.05) is 11.3 Å². The first-order valence-corrected chi connectivity index (χ1v) is 7.58. The highest BCUT2D eigenvalue weighted by Gasteiger charge is 2.12. The van der Waals surface area contributed by atoms with E-state index in [0.29, 0.717) is 11.6 Å². The second-order valence-electron chi connectivity index (χ2n) is 3.92. The highest BCUT2D eigenvalue weighted by atomic mass is 32.1. The van der Waals surface area contributed by atoms with E-state index in [9.17, 15) is 4.79 Å². The number of rotatable bonds is 4. The molecule has 3 aromatic rings. The number of hydrogen-bond acceptors (Lipinski definition) is 7. The molecule has 3 aromatic heterocycles. The Balaban J connectivity index is 1.69. The van der Waals surface area contributed by atoms with Crippen molar-refractivity contribution in [1.82, 2.24) is 20.3 Å². The van der Waals surface area contributed by atoms with Crippen LogP contribution >= 0.6 is 22.7 Å². The molecule has 0 saturated heterocycles. The molecule has 0 aliphatic carbocycles. The predicted octanol–water partition coefficient (Wildman–Crippen LogP) is 2.12. The summed E-state index contributed by atoms with van der Waals surface area (Å²) in [5.74, 6) is -0.202. The molecule has 0 aliphatic heterocycles. The average molecular weight is 305 g/mol. The third-order valence-electron chi connectivity index (χ3n) is 2.56. The van der Waals surface area contributed by atoms with Gasteiger partial charge >= 0.3 is 0 Å². The zero-order valence-electron chi connectivity index (χ0n) is 10.6. The topological polar surface area (TPSA) is 79.8 Å².